The number of methoxy groups -OCH3 is 1. The van der Waals surface area contributed by atoms with Crippen molar-refractivity contribution in [2.24, 2.45) is 0 Å². The molecule has 2 aromatic rings. The van der Waals surface area contributed by atoms with Crippen molar-refractivity contribution >= 4 is 11.9 Å². The van der Waals surface area contributed by atoms with Gasteiger partial charge in [-0.2, -0.15) is 0 Å². The second-order valence-electron chi connectivity index (χ2n) is 4.77. The second kappa shape index (κ2) is 7.53. The number of esters is 1. The van der Waals surface area contributed by atoms with Crippen molar-refractivity contribution in [1.82, 2.24) is 5.32 Å². The van der Waals surface area contributed by atoms with Crippen molar-refractivity contribution < 1.29 is 27.5 Å². The van der Waals surface area contributed by atoms with Gasteiger partial charge in [-0.05, 0) is 30.3 Å². The van der Waals surface area contributed by atoms with Crippen LogP contribution >= 0.6 is 0 Å². The molecule has 1 atom stereocenters. The van der Waals surface area contributed by atoms with Gasteiger partial charge in [-0.3, -0.25) is 4.79 Å². The number of ether oxygens (including phenoxy) is 1. The summed E-state index contributed by atoms with van der Waals surface area (Å²) in [4.78, 5) is 23.8. The van der Waals surface area contributed by atoms with Crippen LogP contribution in [0.2, 0.25) is 0 Å². The molecule has 1 aromatic carbocycles. The number of nitrogens with one attached hydrogen (secondary N) is 1. The predicted octanol–water partition coefficient (Wildman–Crippen LogP) is 2.52. The number of hydrogen-bond donors (Lipinski definition) is 1. The number of halogens is 2. The van der Waals surface area contributed by atoms with E-state index in [2.05, 4.69) is 10.1 Å². The lowest BCUT2D eigenvalue weighted by Gasteiger charge is -2.17. The minimum atomic E-state index is -1.42. The average Bonchev–Trinajstić information content (AvgIpc) is 3.06. The monoisotopic (exact) mass is 323 g/mol. The van der Waals surface area contributed by atoms with Gasteiger partial charge in [-0.25, -0.2) is 13.6 Å². The molecule has 0 bridgehead atoms. The van der Waals surface area contributed by atoms with E-state index in [1.54, 1.807) is 12.1 Å². The Morgan fingerprint density at radius 3 is 2.74 bits per heavy atom. The molecule has 0 aliphatic carbocycles. The Morgan fingerprint density at radius 1 is 1.30 bits per heavy atom. The third-order valence-corrected chi connectivity index (χ3v) is 3.19. The van der Waals surface area contributed by atoms with Crippen LogP contribution in [0.15, 0.2) is 41.0 Å². The quantitative estimate of drug-likeness (QED) is 0.830. The van der Waals surface area contributed by atoms with Crippen LogP contribution in [-0.4, -0.2) is 19.0 Å². The first-order valence-corrected chi connectivity index (χ1v) is 6.85. The van der Waals surface area contributed by atoms with Gasteiger partial charge in [0.1, 0.15) is 17.4 Å². The molecular formula is C16H15F2NO4. The summed E-state index contributed by atoms with van der Waals surface area (Å²) in [6.07, 6.45) is 1.82. The summed E-state index contributed by atoms with van der Waals surface area (Å²) in [7, 11) is 1.10. The van der Waals surface area contributed by atoms with Crippen molar-refractivity contribution in [2.75, 3.05) is 7.11 Å². The summed E-state index contributed by atoms with van der Waals surface area (Å²) >= 11 is 0. The lowest BCUT2D eigenvalue weighted by molar-refractivity contribution is -0.145. The van der Waals surface area contributed by atoms with Gasteiger partial charge >= 0.3 is 5.97 Å². The van der Waals surface area contributed by atoms with E-state index in [1.165, 1.54) is 6.26 Å². The van der Waals surface area contributed by atoms with E-state index < -0.39 is 29.6 Å². The largest absolute Gasteiger partial charge is 0.469 e. The molecule has 0 saturated heterocycles. The van der Waals surface area contributed by atoms with Gasteiger partial charge in [-0.1, -0.05) is 0 Å². The van der Waals surface area contributed by atoms with Crippen molar-refractivity contribution in [1.29, 1.82) is 0 Å². The van der Waals surface area contributed by atoms with E-state index in [0.29, 0.717) is 12.2 Å². The van der Waals surface area contributed by atoms with Crippen molar-refractivity contribution in [3.63, 3.8) is 0 Å². The molecule has 0 spiro atoms. The predicted molar refractivity (Wildman–Crippen MR) is 76.3 cm³/mol. The molecule has 23 heavy (non-hydrogen) atoms. The van der Waals surface area contributed by atoms with Crippen molar-refractivity contribution in [3.8, 4) is 0 Å². The first kappa shape index (κ1) is 16.7. The van der Waals surface area contributed by atoms with E-state index in [4.69, 9.17) is 4.42 Å². The zero-order valence-corrected chi connectivity index (χ0v) is 12.3. The molecule has 1 N–H and O–H groups in total. The second-order valence-corrected chi connectivity index (χ2v) is 4.77. The molecule has 122 valence electrons. The third kappa shape index (κ3) is 4.38. The molecule has 7 heteroatoms. The topological polar surface area (TPSA) is 68.5 Å². The molecule has 0 radical (unpaired) electrons. The lowest BCUT2D eigenvalue weighted by Crippen LogP contribution is -2.35. The van der Waals surface area contributed by atoms with E-state index in [0.717, 1.165) is 25.3 Å². The van der Waals surface area contributed by atoms with E-state index in [9.17, 15) is 18.4 Å². The number of rotatable bonds is 6. The zero-order valence-electron chi connectivity index (χ0n) is 12.3. The maximum atomic E-state index is 13.8. The Labute approximate surface area is 131 Å². The normalized spacial score (nSPS) is 11.8. The fourth-order valence-corrected chi connectivity index (χ4v) is 2.04. The molecule has 1 amide bonds. The summed E-state index contributed by atoms with van der Waals surface area (Å²) < 4.78 is 36.8. The van der Waals surface area contributed by atoms with Crippen LogP contribution in [0.1, 0.15) is 23.8 Å². The third-order valence-electron chi connectivity index (χ3n) is 3.19. The first-order valence-electron chi connectivity index (χ1n) is 6.85. The number of aryl methyl sites for hydroxylation is 1. The standard InChI is InChI=1S/C16H15F2NO4/c1-22-16(21)15(12-9-10(17)4-6-13(12)18)19-14(20)7-5-11-3-2-8-23-11/h2-4,6,8-9,15H,5,7H2,1H3,(H,19,20)/t15-/m0/s1. The highest BCUT2D eigenvalue weighted by molar-refractivity contribution is 5.85. The molecule has 5 nitrogen and oxygen atoms in total. The van der Waals surface area contributed by atoms with Gasteiger partial charge in [0.15, 0.2) is 6.04 Å². The van der Waals surface area contributed by atoms with Gasteiger partial charge in [0.05, 0.1) is 13.4 Å². The Hall–Kier alpha value is -2.70. The molecule has 1 aromatic heterocycles. The molecule has 2 rings (SSSR count). The fourth-order valence-electron chi connectivity index (χ4n) is 2.04. The first-order chi connectivity index (χ1) is 11.0. The summed E-state index contributed by atoms with van der Waals surface area (Å²) in [5.41, 5.74) is -0.289. The van der Waals surface area contributed by atoms with E-state index in [1.807, 2.05) is 0 Å². The van der Waals surface area contributed by atoms with Gasteiger partial charge in [0, 0.05) is 18.4 Å². The molecule has 0 unspecified atom stereocenters. The molecule has 0 aliphatic rings. The van der Waals surface area contributed by atoms with Crippen LogP contribution in [0, 0.1) is 11.6 Å². The number of amides is 1. The van der Waals surface area contributed by atoms with E-state index in [-0.39, 0.29) is 12.0 Å². The molecule has 0 aliphatic heterocycles. The number of furan rings is 1. The van der Waals surface area contributed by atoms with Crippen LogP contribution in [0.4, 0.5) is 8.78 Å². The molecular weight excluding hydrogens is 308 g/mol. The van der Waals surface area contributed by atoms with E-state index >= 15 is 0 Å². The van der Waals surface area contributed by atoms with Crippen LogP contribution in [0.3, 0.4) is 0 Å². The lowest BCUT2D eigenvalue weighted by atomic mass is 10.1. The Bertz CT molecular complexity index is 685. The molecule has 0 fully saturated rings. The van der Waals surface area contributed by atoms with Crippen LogP contribution in [0.5, 0.6) is 0 Å². The highest BCUT2D eigenvalue weighted by atomic mass is 19.1. The number of hydrogen-bond acceptors (Lipinski definition) is 4. The highest BCUT2D eigenvalue weighted by Crippen LogP contribution is 2.20. The van der Waals surface area contributed by atoms with Gasteiger partial charge in [0.25, 0.3) is 0 Å². The van der Waals surface area contributed by atoms with Crippen molar-refractivity contribution in [3.05, 3.63) is 59.6 Å². The Balaban J connectivity index is 2.11. The minimum Gasteiger partial charge on any atom is -0.469 e. The highest BCUT2D eigenvalue weighted by Gasteiger charge is 2.26. The number of carbonyl (C=O) groups is 2. The van der Waals surface area contributed by atoms with Crippen LogP contribution in [0.25, 0.3) is 0 Å². The maximum absolute atomic E-state index is 13.8. The average molecular weight is 323 g/mol. The van der Waals surface area contributed by atoms with Gasteiger partial charge in [0.2, 0.25) is 5.91 Å². The maximum Gasteiger partial charge on any atom is 0.333 e. The summed E-state index contributed by atoms with van der Waals surface area (Å²) in [5.74, 6) is -2.33. The van der Waals surface area contributed by atoms with Gasteiger partial charge < -0.3 is 14.5 Å². The zero-order chi connectivity index (χ0) is 16.8. The van der Waals surface area contributed by atoms with Crippen molar-refractivity contribution in [2.45, 2.75) is 18.9 Å². The van der Waals surface area contributed by atoms with Gasteiger partial charge in [-0.15, -0.1) is 0 Å². The molecule has 1 heterocycles. The Morgan fingerprint density at radius 2 is 2.09 bits per heavy atom. The minimum absolute atomic E-state index is 0.0257. The van der Waals surface area contributed by atoms with Crippen LogP contribution < -0.4 is 5.32 Å². The Kier molecular flexibility index (Phi) is 5.46. The summed E-state index contributed by atoms with van der Waals surface area (Å²) in [6, 6.07) is 4.63. The SMILES string of the molecule is COC(=O)[C@@H](NC(=O)CCc1ccco1)c1cc(F)ccc1F. The summed E-state index contributed by atoms with van der Waals surface area (Å²) in [6.45, 7) is 0. The molecule has 0 saturated carbocycles. The smallest absolute Gasteiger partial charge is 0.333 e. The number of benzene rings is 1. The number of carbonyl (C=O) groups excluding carboxylic acids is 2. The van der Waals surface area contributed by atoms with Crippen LogP contribution in [-0.2, 0) is 20.7 Å². The fraction of sp³-hybridized carbons (Fsp3) is 0.250. The summed E-state index contributed by atoms with van der Waals surface area (Å²) in [5, 5.41) is 2.35.